The molecule has 1 spiro atoms. The molecule has 2 unspecified atom stereocenters. The molecule has 0 aromatic carbocycles. The molecule has 176 valence electrons. The van der Waals surface area contributed by atoms with Gasteiger partial charge in [-0.3, -0.25) is 14.4 Å². The minimum Gasteiger partial charge on any atom is -0.394 e. The van der Waals surface area contributed by atoms with E-state index in [-0.39, 0.29) is 30.4 Å². The second kappa shape index (κ2) is 8.20. The fourth-order valence-electron chi connectivity index (χ4n) is 6.13. The molecule has 8 heteroatoms. The molecular weight excluding hydrogens is 426 g/mol. The van der Waals surface area contributed by atoms with Gasteiger partial charge < -0.3 is 19.8 Å². The monoisotopic (exact) mass is 461 g/mol. The molecule has 0 aromatic rings. The molecule has 0 saturated carbocycles. The van der Waals surface area contributed by atoms with Crippen molar-refractivity contribution in [3.8, 4) is 0 Å². The van der Waals surface area contributed by atoms with E-state index in [0.29, 0.717) is 13.1 Å². The molecule has 4 rings (SSSR count). The summed E-state index contributed by atoms with van der Waals surface area (Å²) in [6.45, 7) is 8.72. The smallest absolute Gasteiger partial charge is 0.247 e. The van der Waals surface area contributed by atoms with Crippen LogP contribution in [0.2, 0.25) is 0 Å². The number of carbonyl (C=O) groups is 3. The van der Waals surface area contributed by atoms with Crippen LogP contribution in [-0.4, -0.2) is 91.9 Å². The van der Waals surface area contributed by atoms with Gasteiger partial charge >= 0.3 is 0 Å². The van der Waals surface area contributed by atoms with Crippen LogP contribution in [0.1, 0.15) is 40.5 Å². The van der Waals surface area contributed by atoms with Gasteiger partial charge in [-0.25, -0.2) is 0 Å². The highest BCUT2D eigenvalue weighted by molar-refractivity contribution is 8.02. The van der Waals surface area contributed by atoms with Crippen LogP contribution >= 0.6 is 11.8 Å². The predicted octanol–water partition coefficient (Wildman–Crippen LogP) is 1.67. The average Bonchev–Trinajstić information content (AvgIpc) is 3.03. The van der Waals surface area contributed by atoms with Gasteiger partial charge in [0.2, 0.25) is 17.7 Å². The molecule has 2 saturated heterocycles. The highest BCUT2D eigenvalue weighted by atomic mass is 32.2. The van der Waals surface area contributed by atoms with Crippen molar-refractivity contribution in [2.75, 3.05) is 26.7 Å². The zero-order valence-electron chi connectivity index (χ0n) is 19.7. The van der Waals surface area contributed by atoms with E-state index in [2.05, 4.69) is 19.9 Å². The summed E-state index contributed by atoms with van der Waals surface area (Å²) in [4.78, 5) is 46.7. The van der Waals surface area contributed by atoms with Crippen LogP contribution in [0.25, 0.3) is 0 Å². The van der Waals surface area contributed by atoms with Crippen molar-refractivity contribution in [1.82, 2.24) is 14.7 Å². The topological polar surface area (TPSA) is 81.2 Å². The maximum atomic E-state index is 14.1. The molecular formula is C24H35N3O4S. The van der Waals surface area contributed by atoms with Crippen molar-refractivity contribution >= 4 is 29.5 Å². The van der Waals surface area contributed by atoms with E-state index in [1.165, 1.54) is 0 Å². The number of carbonyl (C=O) groups excluding carboxylic acids is 3. The van der Waals surface area contributed by atoms with Crippen molar-refractivity contribution in [2.24, 2.45) is 11.8 Å². The summed E-state index contributed by atoms with van der Waals surface area (Å²) < 4.78 is -1.42. The summed E-state index contributed by atoms with van der Waals surface area (Å²) in [6, 6.07) is -1.19. The molecule has 0 bridgehead atoms. The second-order valence-electron chi connectivity index (χ2n) is 9.93. The standard InChI is InChI=1S/C24H35N3O4S/c1-6-9-15(2)26-13-8-11-24-18(21(30)27(16(3)14-28)19(24)22(26)31)17-20(29)25(5)12-7-10-23(17,4)32-24/h7-8,10-11,15-19,28H,6,9,12-14H2,1-5H3/t15?,16-,17+,18+,19?,23-,24+/m1/s1. The Bertz CT molecular complexity index is 875. The van der Waals surface area contributed by atoms with Crippen LogP contribution in [-0.2, 0) is 14.4 Å². The fraction of sp³-hybridized carbons (Fsp3) is 0.708. The maximum absolute atomic E-state index is 14.1. The number of hydrogen-bond donors (Lipinski definition) is 1. The van der Waals surface area contributed by atoms with Crippen molar-refractivity contribution < 1.29 is 19.5 Å². The first-order chi connectivity index (χ1) is 15.1. The van der Waals surface area contributed by atoms with E-state index in [0.717, 1.165) is 12.8 Å². The molecule has 1 N–H and O–H groups in total. The molecule has 2 fully saturated rings. The third-order valence-electron chi connectivity index (χ3n) is 7.71. The Morgan fingerprint density at radius 1 is 1.06 bits per heavy atom. The molecule has 7 nitrogen and oxygen atoms in total. The van der Waals surface area contributed by atoms with Crippen molar-refractivity contribution in [2.45, 2.75) is 68.2 Å². The van der Waals surface area contributed by atoms with E-state index in [1.807, 2.05) is 30.1 Å². The number of hydrogen-bond acceptors (Lipinski definition) is 5. The number of nitrogens with zero attached hydrogens (tertiary/aromatic N) is 3. The highest BCUT2D eigenvalue weighted by Crippen LogP contribution is 2.65. The Kier molecular flexibility index (Phi) is 5.99. The van der Waals surface area contributed by atoms with Crippen LogP contribution in [0, 0.1) is 11.8 Å². The van der Waals surface area contributed by atoms with Gasteiger partial charge in [-0.1, -0.05) is 37.6 Å². The average molecular weight is 462 g/mol. The number of likely N-dealkylation sites (N-methyl/N-ethyl adjacent to an activating group) is 1. The Morgan fingerprint density at radius 3 is 2.41 bits per heavy atom. The van der Waals surface area contributed by atoms with Gasteiger partial charge in [-0.15, -0.1) is 11.8 Å². The highest BCUT2D eigenvalue weighted by Gasteiger charge is 2.74. The van der Waals surface area contributed by atoms with Crippen LogP contribution in [0.4, 0.5) is 0 Å². The van der Waals surface area contributed by atoms with Crippen molar-refractivity contribution in [3.05, 3.63) is 24.3 Å². The lowest BCUT2D eigenvalue weighted by Gasteiger charge is -2.40. The number of fused-ring (bicyclic) bond motifs is 2. The van der Waals surface area contributed by atoms with Gasteiger partial charge in [-0.05, 0) is 27.2 Å². The number of rotatable bonds is 5. The lowest BCUT2D eigenvalue weighted by molar-refractivity contribution is -0.147. The number of aliphatic hydroxyl groups is 1. The van der Waals surface area contributed by atoms with Gasteiger partial charge in [-0.2, -0.15) is 0 Å². The SMILES string of the molecule is CCCC(C)N1CC=C[C@]23S[C@]4(C)C=CCN(C)C(=O)[C@@H]4[C@H]2C(=O)N([C@H](C)CO)C3C1=O. The lowest BCUT2D eigenvalue weighted by Crippen LogP contribution is -2.57. The normalized spacial score (nSPS) is 38.4. The Balaban J connectivity index is 1.88. The molecule has 0 aromatic heterocycles. The van der Waals surface area contributed by atoms with E-state index in [4.69, 9.17) is 0 Å². The van der Waals surface area contributed by atoms with Gasteiger partial charge in [0.15, 0.2) is 0 Å². The largest absolute Gasteiger partial charge is 0.394 e. The number of amides is 3. The van der Waals surface area contributed by atoms with E-state index in [9.17, 15) is 19.5 Å². The minimum atomic E-state index is -0.837. The summed E-state index contributed by atoms with van der Waals surface area (Å²) in [5, 5.41) is 9.97. The number of likely N-dealkylation sites (tertiary alicyclic amines) is 1. The molecule has 0 aliphatic carbocycles. The first-order valence-corrected chi connectivity index (χ1v) is 12.5. The summed E-state index contributed by atoms with van der Waals surface area (Å²) in [6.07, 6.45) is 9.94. The van der Waals surface area contributed by atoms with Crippen LogP contribution in [0.3, 0.4) is 0 Å². The molecule has 7 atom stereocenters. The van der Waals surface area contributed by atoms with E-state index in [1.54, 1.807) is 35.5 Å². The summed E-state index contributed by atoms with van der Waals surface area (Å²) in [5.74, 6) is -1.53. The Morgan fingerprint density at radius 2 is 1.75 bits per heavy atom. The molecule has 4 aliphatic heterocycles. The van der Waals surface area contributed by atoms with E-state index < -0.39 is 33.4 Å². The number of aliphatic hydroxyl groups excluding tert-OH is 1. The summed E-state index contributed by atoms with van der Waals surface area (Å²) >= 11 is 1.58. The van der Waals surface area contributed by atoms with Gasteiger partial charge in [0.1, 0.15) is 6.04 Å². The Labute approximate surface area is 194 Å². The molecule has 0 radical (unpaired) electrons. The van der Waals surface area contributed by atoms with Gasteiger partial charge in [0, 0.05) is 30.9 Å². The molecule has 4 aliphatic rings. The van der Waals surface area contributed by atoms with Crippen LogP contribution in [0.15, 0.2) is 24.3 Å². The lowest BCUT2D eigenvalue weighted by atomic mass is 9.74. The second-order valence-corrected chi connectivity index (χ2v) is 11.7. The molecule has 32 heavy (non-hydrogen) atoms. The fourth-order valence-corrected chi connectivity index (χ4v) is 8.28. The first-order valence-electron chi connectivity index (χ1n) is 11.7. The molecule has 3 amide bonds. The quantitative estimate of drug-likeness (QED) is 0.630. The first kappa shape index (κ1) is 23.4. The third-order valence-corrected chi connectivity index (χ3v) is 9.50. The van der Waals surface area contributed by atoms with Crippen LogP contribution in [0.5, 0.6) is 0 Å². The maximum Gasteiger partial charge on any atom is 0.247 e. The zero-order chi connectivity index (χ0) is 23.4. The van der Waals surface area contributed by atoms with Crippen molar-refractivity contribution in [3.63, 3.8) is 0 Å². The third kappa shape index (κ3) is 3.16. The number of thioether (sulfide) groups is 1. The van der Waals surface area contributed by atoms with Gasteiger partial charge in [0.25, 0.3) is 0 Å². The summed E-state index contributed by atoms with van der Waals surface area (Å²) in [7, 11) is 1.77. The Hall–Kier alpha value is -1.80. The van der Waals surface area contributed by atoms with E-state index >= 15 is 0 Å². The van der Waals surface area contributed by atoms with Crippen molar-refractivity contribution in [1.29, 1.82) is 0 Å². The van der Waals surface area contributed by atoms with Crippen LogP contribution < -0.4 is 0 Å². The summed E-state index contributed by atoms with van der Waals surface area (Å²) in [5.41, 5.74) is 0. The zero-order valence-corrected chi connectivity index (χ0v) is 20.5. The minimum absolute atomic E-state index is 0.0489. The van der Waals surface area contributed by atoms with Gasteiger partial charge in [0.05, 0.1) is 29.2 Å². The predicted molar refractivity (Wildman–Crippen MR) is 125 cm³/mol. The molecule has 4 heterocycles.